The lowest BCUT2D eigenvalue weighted by Gasteiger charge is -2.35. The first-order valence-electron chi connectivity index (χ1n) is 7.15. The Labute approximate surface area is 150 Å². The summed E-state index contributed by atoms with van der Waals surface area (Å²) in [5.41, 5.74) is 1.18. The van der Waals surface area contributed by atoms with Crippen molar-refractivity contribution in [1.29, 1.82) is 0 Å². The van der Waals surface area contributed by atoms with Crippen molar-refractivity contribution in [2.75, 3.05) is 33.3 Å². The van der Waals surface area contributed by atoms with Crippen LogP contribution in [0.4, 0.5) is 0 Å². The van der Waals surface area contributed by atoms with E-state index in [2.05, 4.69) is 16.8 Å². The summed E-state index contributed by atoms with van der Waals surface area (Å²) in [6.07, 6.45) is 4.01. The van der Waals surface area contributed by atoms with Gasteiger partial charge in [-0.25, -0.2) is 0 Å². The minimum atomic E-state index is 0. The van der Waals surface area contributed by atoms with Gasteiger partial charge < -0.3 is 10.1 Å². The minimum Gasteiger partial charge on any atom is -0.496 e. The summed E-state index contributed by atoms with van der Waals surface area (Å²) in [5.74, 6) is 0.919. The van der Waals surface area contributed by atoms with Crippen LogP contribution in [-0.2, 0) is 0 Å². The SMILES string of the molecule is C=CCC[C@H](c1cc(Cl)ccc1OC)N1CCNCC1.Cl.Cl. The fourth-order valence-corrected chi connectivity index (χ4v) is 2.95. The number of halogens is 3. The van der Waals surface area contributed by atoms with Gasteiger partial charge in [0.1, 0.15) is 5.75 Å². The van der Waals surface area contributed by atoms with Crippen LogP contribution in [0.25, 0.3) is 0 Å². The van der Waals surface area contributed by atoms with Gasteiger partial charge in [-0.15, -0.1) is 31.4 Å². The van der Waals surface area contributed by atoms with Gasteiger partial charge in [0.25, 0.3) is 0 Å². The molecule has 0 bridgehead atoms. The highest BCUT2D eigenvalue weighted by atomic mass is 35.5. The van der Waals surface area contributed by atoms with Crippen LogP contribution < -0.4 is 10.1 Å². The highest BCUT2D eigenvalue weighted by Gasteiger charge is 2.24. The lowest BCUT2D eigenvalue weighted by Crippen LogP contribution is -2.45. The van der Waals surface area contributed by atoms with Crippen LogP contribution >= 0.6 is 36.4 Å². The van der Waals surface area contributed by atoms with Crippen LogP contribution in [0.3, 0.4) is 0 Å². The number of rotatable bonds is 6. The third-order valence-corrected chi connectivity index (χ3v) is 4.02. The Morgan fingerprint density at radius 3 is 2.64 bits per heavy atom. The molecule has 0 radical (unpaired) electrons. The standard InChI is InChI=1S/C16H23ClN2O.2ClH/c1-3-4-5-15(19-10-8-18-9-11-19)14-12-13(17)6-7-16(14)20-2;;/h3,6-7,12,15,18H,1,4-5,8-11H2,2H3;2*1H/t15-;;/m1../s1. The first-order chi connectivity index (χ1) is 9.76. The Morgan fingerprint density at radius 1 is 1.36 bits per heavy atom. The molecule has 1 aromatic rings. The topological polar surface area (TPSA) is 24.5 Å². The molecule has 1 aliphatic rings. The Kier molecular flexibility index (Phi) is 10.9. The van der Waals surface area contributed by atoms with E-state index in [0.717, 1.165) is 49.8 Å². The average Bonchev–Trinajstić information content (AvgIpc) is 2.49. The number of allylic oxidation sites excluding steroid dienone is 1. The van der Waals surface area contributed by atoms with Crippen LogP contribution in [-0.4, -0.2) is 38.2 Å². The van der Waals surface area contributed by atoms with Gasteiger partial charge in [0, 0.05) is 42.8 Å². The summed E-state index contributed by atoms with van der Waals surface area (Å²) in [4.78, 5) is 2.51. The molecule has 1 aliphatic heterocycles. The Bertz CT molecular complexity index is 451. The van der Waals surface area contributed by atoms with Gasteiger partial charge in [-0.1, -0.05) is 17.7 Å². The van der Waals surface area contributed by atoms with Gasteiger partial charge in [-0.3, -0.25) is 4.90 Å². The van der Waals surface area contributed by atoms with Crippen molar-refractivity contribution in [3.05, 3.63) is 41.4 Å². The van der Waals surface area contributed by atoms with E-state index >= 15 is 0 Å². The maximum Gasteiger partial charge on any atom is 0.123 e. The van der Waals surface area contributed by atoms with E-state index in [9.17, 15) is 0 Å². The Hall–Kier alpha value is -0.450. The van der Waals surface area contributed by atoms with E-state index in [1.807, 2.05) is 24.3 Å². The van der Waals surface area contributed by atoms with Crippen molar-refractivity contribution < 1.29 is 4.74 Å². The molecule has 1 aromatic carbocycles. The summed E-state index contributed by atoms with van der Waals surface area (Å²) in [7, 11) is 1.72. The lowest BCUT2D eigenvalue weighted by molar-refractivity contribution is 0.163. The molecular formula is C16H25Cl3N2O. The first-order valence-corrected chi connectivity index (χ1v) is 7.53. The smallest absolute Gasteiger partial charge is 0.123 e. The van der Waals surface area contributed by atoms with E-state index in [1.54, 1.807) is 7.11 Å². The molecule has 0 aliphatic carbocycles. The Morgan fingerprint density at radius 2 is 2.05 bits per heavy atom. The number of piperazine rings is 1. The van der Waals surface area contributed by atoms with Gasteiger partial charge in [-0.2, -0.15) is 0 Å². The zero-order valence-electron chi connectivity index (χ0n) is 12.9. The van der Waals surface area contributed by atoms with Crippen molar-refractivity contribution in [2.45, 2.75) is 18.9 Å². The molecule has 1 N–H and O–H groups in total. The second-order valence-electron chi connectivity index (χ2n) is 5.05. The van der Waals surface area contributed by atoms with Crippen molar-refractivity contribution in [3.63, 3.8) is 0 Å². The molecule has 0 amide bonds. The molecule has 0 aromatic heterocycles. The molecule has 126 valence electrons. The van der Waals surface area contributed by atoms with Crippen LogP contribution in [0.15, 0.2) is 30.9 Å². The number of methoxy groups -OCH3 is 1. The molecular weight excluding hydrogens is 343 g/mol. The molecule has 6 heteroatoms. The zero-order valence-corrected chi connectivity index (χ0v) is 15.3. The van der Waals surface area contributed by atoms with Gasteiger partial charge in [-0.05, 0) is 31.0 Å². The molecule has 1 heterocycles. The molecule has 1 atom stereocenters. The summed E-state index contributed by atoms with van der Waals surface area (Å²) in [6.45, 7) is 8.02. The normalized spacial score (nSPS) is 16.1. The van der Waals surface area contributed by atoms with Crippen LogP contribution in [0, 0.1) is 0 Å². The van der Waals surface area contributed by atoms with Crippen LogP contribution in [0.5, 0.6) is 5.75 Å². The predicted octanol–water partition coefficient (Wildman–Crippen LogP) is 4.10. The number of hydrogen-bond acceptors (Lipinski definition) is 3. The third-order valence-electron chi connectivity index (χ3n) is 3.79. The summed E-state index contributed by atoms with van der Waals surface area (Å²) in [6, 6.07) is 6.21. The predicted molar refractivity (Wildman–Crippen MR) is 99.1 cm³/mol. The van der Waals surface area contributed by atoms with Crippen LogP contribution in [0.2, 0.25) is 5.02 Å². The first kappa shape index (κ1) is 21.6. The largest absolute Gasteiger partial charge is 0.496 e. The molecule has 2 rings (SSSR count). The maximum absolute atomic E-state index is 6.18. The number of ether oxygens (including phenoxy) is 1. The molecule has 0 saturated carbocycles. The highest BCUT2D eigenvalue weighted by Crippen LogP contribution is 2.34. The molecule has 22 heavy (non-hydrogen) atoms. The monoisotopic (exact) mass is 366 g/mol. The van der Waals surface area contributed by atoms with Crippen molar-refractivity contribution >= 4 is 36.4 Å². The fourth-order valence-electron chi connectivity index (χ4n) is 2.77. The van der Waals surface area contributed by atoms with E-state index < -0.39 is 0 Å². The van der Waals surface area contributed by atoms with E-state index in [4.69, 9.17) is 16.3 Å². The van der Waals surface area contributed by atoms with Crippen molar-refractivity contribution in [2.24, 2.45) is 0 Å². The van der Waals surface area contributed by atoms with Gasteiger partial charge in [0.2, 0.25) is 0 Å². The molecule has 0 spiro atoms. The maximum atomic E-state index is 6.18. The quantitative estimate of drug-likeness (QED) is 0.766. The van der Waals surface area contributed by atoms with Gasteiger partial charge in [0.05, 0.1) is 7.11 Å². The third kappa shape index (κ3) is 5.64. The highest BCUT2D eigenvalue weighted by molar-refractivity contribution is 6.30. The van der Waals surface area contributed by atoms with E-state index in [0.29, 0.717) is 6.04 Å². The second kappa shape index (κ2) is 11.1. The van der Waals surface area contributed by atoms with E-state index in [-0.39, 0.29) is 24.8 Å². The average molecular weight is 368 g/mol. The van der Waals surface area contributed by atoms with Crippen LogP contribution in [0.1, 0.15) is 24.4 Å². The number of nitrogens with one attached hydrogen (secondary N) is 1. The zero-order chi connectivity index (χ0) is 14.4. The fraction of sp³-hybridized carbons (Fsp3) is 0.500. The van der Waals surface area contributed by atoms with Gasteiger partial charge >= 0.3 is 0 Å². The van der Waals surface area contributed by atoms with Gasteiger partial charge in [0.15, 0.2) is 0 Å². The minimum absolute atomic E-state index is 0. The second-order valence-corrected chi connectivity index (χ2v) is 5.49. The summed E-state index contributed by atoms with van der Waals surface area (Å²) >= 11 is 6.18. The van der Waals surface area contributed by atoms with Crippen molar-refractivity contribution in [1.82, 2.24) is 10.2 Å². The molecule has 1 fully saturated rings. The molecule has 3 nitrogen and oxygen atoms in total. The Balaban J connectivity index is 0.00000220. The lowest BCUT2D eigenvalue weighted by atomic mass is 9.98. The van der Waals surface area contributed by atoms with E-state index in [1.165, 1.54) is 5.56 Å². The number of hydrogen-bond donors (Lipinski definition) is 1. The summed E-state index contributed by atoms with van der Waals surface area (Å²) in [5, 5.41) is 4.16. The summed E-state index contributed by atoms with van der Waals surface area (Å²) < 4.78 is 5.53. The number of benzene rings is 1. The molecule has 1 saturated heterocycles. The number of nitrogens with zero attached hydrogens (tertiary/aromatic N) is 1. The van der Waals surface area contributed by atoms with Crippen molar-refractivity contribution in [3.8, 4) is 5.75 Å². The molecule has 0 unspecified atom stereocenters.